The summed E-state index contributed by atoms with van der Waals surface area (Å²) in [6, 6.07) is 0. The Morgan fingerprint density at radius 1 is 1.62 bits per heavy atom. The monoisotopic (exact) mass is 189 g/mol. The molecule has 0 aromatic heterocycles. The van der Waals surface area contributed by atoms with Crippen molar-refractivity contribution >= 4 is 7.82 Å². The summed E-state index contributed by atoms with van der Waals surface area (Å²) < 4.78 is 12.9. The molecule has 0 unspecified atom stereocenters. The van der Waals surface area contributed by atoms with E-state index in [4.69, 9.17) is 0 Å². The van der Waals surface area contributed by atoms with Gasteiger partial charge >= 0.3 is 19.5 Å². The van der Waals surface area contributed by atoms with Gasteiger partial charge in [0.1, 0.15) is 0 Å². The zero-order chi connectivity index (χ0) is 5.91. The summed E-state index contributed by atoms with van der Waals surface area (Å²) >= 11 is 0. The van der Waals surface area contributed by atoms with Gasteiger partial charge in [0.25, 0.3) is 0 Å². The Balaban J connectivity index is 0. The molecule has 0 atom stereocenters. The number of hydrogen-bond acceptors (Lipinski definition) is 5. The fourth-order valence-corrected chi connectivity index (χ4v) is 0.274. The Morgan fingerprint density at radius 3 is 2.00 bits per heavy atom. The molecule has 0 saturated heterocycles. The largest absolute Gasteiger partial charge is 2.00 e. The summed E-state index contributed by atoms with van der Waals surface area (Å²) in [4.78, 5) is 18.8. The minimum absolute atomic E-state index is 0. The van der Waals surface area contributed by atoms with Gasteiger partial charge in [-0.2, -0.15) is 0 Å². The summed E-state index contributed by atoms with van der Waals surface area (Å²) in [6.45, 7) is -0.579. The van der Waals surface area contributed by atoms with Gasteiger partial charge in [0.05, 0.1) is 14.6 Å². The van der Waals surface area contributed by atoms with Crippen LogP contribution in [0.5, 0.6) is 0 Å². The van der Waals surface area contributed by atoms with E-state index in [2.05, 4.69) is 10.3 Å². The molecule has 0 aromatic carbocycles. The molecule has 0 spiro atoms. The van der Waals surface area contributed by atoms with Crippen molar-refractivity contribution in [2.24, 2.45) is 5.73 Å². The molecule has 5 nitrogen and oxygen atoms in total. The van der Waals surface area contributed by atoms with Crippen LogP contribution in [0.4, 0.5) is 0 Å². The summed E-state index contributed by atoms with van der Waals surface area (Å²) in [5, 5.41) is 0. The first kappa shape index (κ1) is 11.5. The van der Waals surface area contributed by atoms with Crippen LogP contribution in [0.25, 0.3) is 0 Å². The molecule has 0 rings (SSSR count). The second-order valence-corrected chi connectivity index (χ2v) is 1.90. The van der Waals surface area contributed by atoms with E-state index < -0.39 is 14.6 Å². The number of phosphoric acid groups is 1. The standard InChI is InChI=1S/CH6NO4P.Zn/c2-1-6-7(3,4)5;/h1-2H2,(H2,3,4,5);/q;+2/p-2. The van der Waals surface area contributed by atoms with E-state index in [0.29, 0.717) is 0 Å². The molecular weight excluding hydrogens is 186 g/mol. The molecule has 2 N–H and O–H groups in total. The van der Waals surface area contributed by atoms with E-state index in [1.54, 1.807) is 0 Å². The average Bonchev–Trinajstić information content (AvgIpc) is 1.30. The van der Waals surface area contributed by atoms with Crippen LogP contribution in [0.2, 0.25) is 0 Å². The number of hydrogen-bond donors (Lipinski definition) is 1. The maximum Gasteiger partial charge on any atom is 2.00 e. The molecule has 0 aliphatic heterocycles. The third kappa shape index (κ3) is 9.85. The van der Waals surface area contributed by atoms with Gasteiger partial charge in [-0.15, -0.1) is 0 Å². The predicted octanol–water partition coefficient (Wildman–Crippen LogP) is -2.25. The fourth-order valence-electron chi connectivity index (χ4n) is 0.0913. The van der Waals surface area contributed by atoms with Crippen LogP contribution in [-0.2, 0) is 28.6 Å². The zero-order valence-corrected chi connectivity index (χ0v) is 7.93. The van der Waals surface area contributed by atoms with Crippen LogP contribution >= 0.6 is 7.82 Å². The van der Waals surface area contributed by atoms with E-state index in [9.17, 15) is 14.4 Å². The quantitative estimate of drug-likeness (QED) is 0.301. The number of rotatable bonds is 2. The minimum Gasteiger partial charge on any atom is -0.790 e. The SMILES string of the molecule is NCOP(=O)([O-])[O-].[Zn+2]. The van der Waals surface area contributed by atoms with Crippen LogP contribution in [-0.4, -0.2) is 6.73 Å². The number of nitrogens with two attached hydrogens (primary N) is 1. The van der Waals surface area contributed by atoms with Gasteiger partial charge in [0.15, 0.2) is 0 Å². The molecule has 0 heterocycles. The molecule has 44 valence electrons. The van der Waals surface area contributed by atoms with Crippen molar-refractivity contribution in [3.63, 3.8) is 0 Å². The normalized spacial score (nSPS) is 10.4. The molecule has 0 aromatic rings. The first-order valence-electron chi connectivity index (χ1n) is 1.43. The minimum atomic E-state index is -4.79. The molecule has 7 heteroatoms. The Morgan fingerprint density at radius 2 is 2.00 bits per heavy atom. The van der Waals surface area contributed by atoms with Gasteiger partial charge in [-0.25, -0.2) is 0 Å². The van der Waals surface area contributed by atoms with E-state index in [-0.39, 0.29) is 19.5 Å². The van der Waals surface area contributed by atoms with E-state index in [1.807, 2.05) is 0 Å². The van der Waals surface area contributed by atoms with Crippen LogP contribution in [0.1, 0.15) is 0 Å². The molecule has 0 aliphatic rings. The summed E-state index contributed by atoms with van der Waals surface area (Å²) in [5.74, 6) is 0. The molecule has 0 amide bonds. The second-order valence-electron chi connectivity index (χ2n) is 0.743. The van der Waals surface area contributed by atoms with Crippen LogP contribution < -0.4 is 15.5 Å². The summed E-state index contributed by atoms with van der Waals surface area (Å²) in [6.07, 6.45) is 0. The van der Waals surface area contributed by atoms with Crippen LogP contribution in [0.15, 0.2) is 0 Å². The third-order valence-electron chi connectivity index (χ3n) is 0.233. The smallest absolute Gasteiger partial charge is 0.790 e. The van der Waals surface area contributed by atoms with Gasteiger partial charge < -0.3 is 24.6 Å². The van der Waals surface area contributed by atoms with Crippen molar-refractivity contribution < 1.29 is 38.4 Å². The molecule has 0 radical (unpaired) electrons. The third-order valence-corrected chi connectivity index (χ3v) is 0.698. The Hall–Kier alpha value is 0.693. The average molecular weight is 190 g/mol. The molecule has 0 bridgehead atoms. The van der Waals surface area contributed by atoms with Crippen LogP contribution in [0, 0.1) is 0 Å². The second kappa shape index (κ2) is 4.56. The van der Waals surface area contributed by atoms with Gasteiger partial charge in [0, 0.05) is 0 Å². The van der Waals surface area contributed by atoms with Crippen LogP contribution in [0.3, 0.4) is 0 Å². The zero-order valence-electron chi connectivity index (χ0n) is 4.07. The Labute approximate surface area is 59.2 Å². The summed E-state index contributed by atoms with van der Waals surface area (Å²) in [5.41, 5.74) is 4.52. The molecule has 0 fully saturated rings. The van der Waals surface area contributed by atoms with Crippen molar-refractivity contribution in [1.82, 2.24) is 0 Å². The van der Waals surface area contributed by atoms with Gasteiger partial charge in [0.2, 0.25) is 0 Å². The van der Waals surface area contributed by atoms with Crippen molar-refractivity contribution in [3.8, 4) is 0 Å². The predicted molar refractivity (Wildman–Crippen MR) is 17.7 cm³/mol. The topological polar surface area (TPSA) is 98.4 Å². The van der Waals surface area contributed by atoms with E-state index in [0.717, 1.165) is 0 Å². The van der Waals surface area contributed by atoms with Gasteiger partial charge in [-0.05, 0) is 0 Å². The van der Waals surface area contributed by atoms with Gasteiger partial charge in [-0.3, -0.25) is 0 Å². The molecule has 8 heavy (non-hydrogen) atoms. The maximum atomic E-state index is 9.40. The Bertz CT molecular complexity index is 90.0. The van der Waals surface area contributed by atoms with Crippen molar-refractivity contribution in [3.05, 3.63) is 0 Å². The fraction of sp³-hybridized carbons (Fsp3) is 1.00. The summed E-state index contributed by atoms with van der Waals surface area (Å²) in [7, 11) is -4.79. The van der Waals surface area contributed by atoms with E-state index >= 15 is 0 Å². The van der Waals surface area contributed by atoms with Crippen molar-refractivity contribution in [2.75, 3.05) is 6.73 Å². The maximum absolute atomic E-state index is 9.40. The van der Waals surface area contributed by atoms with E-state index in [1.165, 1.54) is 0 Å². The van der Waals surface area contributed by atoms with Crippen molar-refractivity contribution in [1.29, 1.82) is 0 Å². The first-order valence-corrected chi connectivity index (χ1v) is 2.89. The molecule has 0 saturated carbocycles. The van der Waals surface area contributed by atoms with Gasteiger partial charge in [-0.1, -0.05) is 0 Å². The Kier molecular flexibility index (Phi) is 6.55. The number of phosphoric ester groups is 1. The van der Waals surface area contributed by atoms with Crippen molar-refractivity contribution in [2.45, 2.75) is 0 Å². The molecule has 0 aliphatic carbocycles. The molecular formula is CH4NO4PZn. The first-order chi connectivity index (χ1) is 3.06.